The highest BCUT2D eigenvalue weighted by atomic mass is 19.1. The summed E-state index contributed by atoms with van der Waals surface area (Å²) in [6.07, 6.45) is -1.22. The Bertz CT molecular complexity index is 807. The molecule has 2 rings (SSSR count). The zero-order valence-corrected chi connectivity index (χ0v) is 16.0. The second kappa shape index (κ2) is 9.41. The van der Waals surface area contributed by atoms with E-state index >= 15 is 0 Å². The largest absolute Gasteiger partial charge is 0.442 e. The van der Waals surface area contributed by atoms with Crippen LogP contribution in [0.3, 0.4) is 0 Å². The summed E-state index contributed by atoms with van der Waals surface area (Å²) < 4.78 is 31.4. The van der Waals surface area contributed by atoms with Gasteiger partial charge in [0.05, 0.1) is 18.9 Å². The molecule has 0 aliphatic carbocycles. The molecular weight excluding hydrogens is 377 g/mol. The van der Waals surface area contributed by atoms with Crippen LogP contribution in [0.25, 0.3) is 0 Å². The Morgan fingerprint density at radius 2 is 2.14 bits per heavy atom. The zero-order valence-electron chi connectivity index (χ0n) is 16.0. The summed E-state index contributed by atoms with van der Waals surface area (Å²) in [7, 11) is 0. The second-order valence-electron chi connectivity index (χ2n) is 6.80. The van der Waals surface area contributed by atoms with Crippen molar-refractivity contribution in [3.05, 3.63) is 32.9 Å². The molecule has 0 radical (unpaired) electrons. The van der Waals surface area contributed by atoms with Gasteiger partial charge in [-0.3, -0.25) is 14.2 Å². The minimum Gasteiger partial charge on any atom is -0.442 e. The number of halogens is 1. The van der Waals surface area contributed by atoms with Gasteiger partial charge in [-0.1, -0.05) is 13.8 Å². The molecule has 0 saturated carbocycles. The number of aliphatic hydroxyl groups is 1. The number of rotatable bonds is 8. The van der Waals surface area contributed by atoms with Crippen LogP contribution in [0.5, 0.6) is 0 Å². The van der Waals surface area contributed by atoms with Crippen LogP contribution in [0.15, 0.2) is 15.8 Å². The van der Waals surface area contributed by atoms with Crippen LogP contribution in [0.1, 0.15) is 33.4 Å². The lowest BCUT2D eigenvalue weighted by molar-refractivity contribution is -0.150. The first kappa shape index (κ1) is 22.2. The molecule has 2 heterocycles. The van der Waals surface area contributed by atoms with Gasteiger partial charge in [0.25, 0.3) is 5.56 Å². The van der Waals surface area contributed by atoms with Crippen molar-refractivity contribution in [2.75, 3.05) is 13.2 Å². The van der Waals surface area contributed by atoms with Gasteiger partial charge in [0.1, 0.15) is 18.4 Å². The third kappa shape index (κ3) is 4.66. The van der Waals surface area contributed by atoms with Gasteiger partial charge in [0.15, 0.2) is 6.73 Å². The Morgan fingerprint density at radius 3 is 2.71 bits per heavy atom. The Labute approximate surface area is 160 Å². The van der Waals surface area contributed by atoms with Crippen molar-refractivity contribution in [2.24, 2.45) is 11.7 Å². The molecule has 1 aliphatic rings. The van der Waals surface area contributed by atoms with Crippen LogP contribution >= 0.6 is 0 Å². The van der Waals surface area contributed by atoms with Gasteiger partial charge in [-0.05, 0) is 12.8 Å². The van der Waals surface area contributed by atoms with Crippen molar-refractivity contribution in [1.29, 1.82) is 0 Å². The molecule has 0 amide bonds. The van der Waals surface area contributed by atoms with E-state index in [4.69, 9.17) is 19.9 Å². The molecule has 0 aromatic carbocycles. The molecule has 0 spiro atoms. The summed E-state index contributed by atoms with van der Waals surface area (Å²) >= 11 is 0. The van der Waals surface area contributed by atoms with E-state index < -0.39 is 54.2 Å². The van der Waals surface area contributed by atoms with E-state index in [0.29, 0.717) is 11.2 Å². The van der Waals surface area contributed by atoms with Gasteiger partial charge < -0.3 is 25.1 Å². The molecule has 1 aromatic rings. The topological polar surface area (TPSA) is 135 Å². The highest BCUT2D eigenvalue weighted by Gasteiger charge is 2.37. The Balaban J connectivity index is 2.28. The lowest BCUT2D eigenvalue weighted by atomic mass is 10.1. The Morgan fingerprint density at radius 1 is 1.46 bits per heavy atom. The molecule has 10 nitrogen and oxygen atoms in total. The van der Waals surface area contributed by atoms with E-state index in [0.717, 1.165) is 10.8 Å². The summed E-state index contributed by atoms with van der Waals surface area (Å²) in [6.45, 7) is 4.42. The number of hydrogen-bond donors (Lipinski definition) is 2. The van der Waals surface area contributed by atoms with Gasteiger partial charge >= 0.3 is 11.7 Å². The molecule has 28 heavy (non-hydrogen) atoms. The summed E-state index contributed by atoms with van der Waals surface area (Å²) in [5.74, 6) is -2.25. The smallest absolute Gasteiger partial charge is 0.336 e. The first-order chi connectivity index (χ1) is 13.2. The van der Waals surface area contributed by atoms with Gasteiger partial charge in [-0.25, -0.2) is 9.36 Å². The average molecular weight is 403 g/mol. The van der Waals surface area contributed by atoms with Gasteiger partial charge in [-0.2, -0.15) is 4.39 Å². The number of carbonyl (C=O) groups is 1. The molecule has 0 unspecified atom stereocenters. The van der Waals surface area contributed by atoms with E-state index in [2.05, 4.69) is 0 Å². The fraction of sp³-hybridized carbons (Fsp3) is 0.706. The van der Waals surface area contributed by atoms with Crippen LogP contribution in [0.4, 0.5) is 4.39 Å². The first-order valence-corrected chi connectivity index (χ1v) is 9.02. The fourth-order valence-corrected chi connectivity index (χ4v) is 2.83. The van der Waals surface area contributed by atoms with Gasteiger partial charge in [-0.15, -0.1) is 0 Å². The number of aromatic nitrogens is 2. The molecule has 1 saturated heterocycles. The zero-order chi connectivity index (χ0) is 21.0. The number of esters is 1. The summed E-state index contributed by atoms with van der Waals surface area (Å²) in [6, 6.07) is -0.943. The maximum atomic E-state index is 14.1. The molecule has 1 aromatic heterocycles. The van der Waals surface area contributed by atoms with E-state index in [-0.39, 0.29) is 18.9 Å². The van der Waals surface area contributed by atoms with Crippen molar-refractivity contribution in [3.8, 4) is 0 Å². The van der Waals surface area contributed by atoms with Gasteiger partial charge in [0, 0.05) is 13.0 Å². The molecule has 1 aliphatic heterocycles. The predicted octanol–water partition coefficient (Wildman–Crippen LogP) is -0.682. The standard InChI is InChI=1S/C17H26FN3O7/c1-4-26-11-5-13(28-12(11)7-22)20-6-10(18)15(23)21(17(20)25)8-27-16(24)14(19)9(2)3/h6,9,11-14,22H,4-5,7-8,19H2,1-3H3/t11-,12+,13+,14-/m0/s1. The number of hydrogen-bond acceptors (Lipinski definition) is 8. The predicted molar refractivity (Wildman–Crippen MR) is 94.9 cm³/mol. The van der Waals surface area contributed by atoms with Crippen LogP contribution < -0.4 is 17.0 Å². The molecule has 4 atom stereocenters. The Kier molecular flexibility index (Phi) is 7.47. The number of nitrogens with two attached hydrogens (primary N) is 1. The normalized spacial score (nSPS) is 23.2. The SMILES string of the molecule is CCO[C@H]1C[C@H](n2cc(F)c(=O)n(COC(=O)[C@@H](N)C(C)C)c2=O)O[C@@H]1CO. The molecular formula is C17H26FN3O7. The molecule has 1 fully saturated rings. The van der Waals surface area contributed by atoms with E-state index in [1.165, 1.54) is 0 Å². The van der Waals surface area contributed by atoms with Crippen molar-refractivity contribution in [1.82, 2.24) is 9.13 Å². The molecule has 158 valence electrons. The Hall–Kier alpha value is -2.08. The highest BCUT2D eigenvalue weighted by molar-refractivity contribution is 5.75. The minimum absolute atomic E-state index is 0.175. The van der Waals surface area contributed by atoms with E-state index in [1.807, 2.05) is 0 Å². The van der Waals surface area contributed by atoms with Crippen molar-refractivity contribution >= 4 is 5.97 Å². The van der Waals surface area contributed by atoms with Crippen molar-refractivity contribution in [2.45, 2.75) is 58.4 Å². The van der Waals surface area contributed by atoms with Crippen LogP contribution in [0, 0.1) is 11.7 Å². The second-order valence-corrected chi connectivity index (χ2v) is 6.80. The van der Waals surface area contributed by atoms with Crippen LogP contribution in [-0.4, -0.2) is 51.7 Å². The molecule has 0 bridgehead atoms. The third-order valence-corrected chi connectivity index (χ3v) is 4.53. The number of carbonyl (C=O) groups excluding carboxylic acids is 1. The fourth-order valence-electron chi connectivity index (χ4n) is 2.83. The lowest BCUT2D eigenvalue weighted by Crippen LogP contribution is -2.44. The lowest BCUT2D eigenvalue weighted by Gasteiger charge is -2.18. The highest BCUT2D eigenvalue weighted by Crippen LogP contribution is 2.29. The first-order valence-electron chi connectivity index (χ1n) is 9.02. The quantitative estimate of drug-likeness (QED) is 0.545. The van der Waals surface area contributed by atoms with Crippen LogP contribution in [-0.2, 0) is 25.7 Å². The van der Waals surface area contributed by atoms with Crippen molar-refractivity contribution < 1.29 is 28.5 Å². The van der Waals surface area contributed by atoms with E-state index in [1.54, 1.807) is 20.8 Å². The molecule has 11 heteroatoms. The van der Waals surface area contributed by atoms with Gasteiger partial charge in [0.2, 0.25) is 5.82 Å². The van der Waals surface area contributed by atoms with E-state index in [9.17, 15) is 23.9 Å². The maximum absolute atomic E-state index is 14.1. The number of ether oxygens (including phenoxy) is 3. The minimum atomic E-state index is -1.23. The number of nitrogens with zero attached hydrogens (tertiary/aromatic N) is 2. The summed E-state index contributed by atoms with van der Waals surface area (Å²) in [5.41, 5.74) is 3.51. The third-order valence-electron chi connectivity index (χ3n) is 4.53. The maximum Gasteiger partial charge on any atom is 0.336 e. The number of aliphatic hydroxyl groups excluding tert-OH is 1. The summed E-state index contributed by atoms with van der Waals surface area (Å²) in [5, 5.41) is 9.40. The van der Waals surface area contributed by atoms with Crippen molar-refractivity contribution in [3.63, 3.8) is 0 Å². The monoisotopic (exact) mass is 403 g/mol. The summed E-state index contributed by atoms with van der Waals surface area (Å²) in [4.78, 5) is 36.5. The van der Waals surface area contributed by atoms with Crippen LogP contribution in [0.2, 0.25) is 0 Å². The molecule has 3 N–H and O–H groups in total. The average Bonchev–Trinajstić information content (AvgIpc) is 3.06.